The van der Waals surface area contributed by atoms with Crippen LogP contribution in [0.4, 0.5) is 16.6 Å². The van der Waals surface area contributed by atoms with Crippen molar-refractivity contribution in [3.63, 3.8) is 0 Å². The lowest BCUT2D eigenvalue weighted by atomic mass is 10.0. The maximum Gasteiger partial charge on any atom is 0.352 e. The van der Waals surface area contributed by atoms with Gasteiger partial charge < -0.3 is 42.9 Å². The van der Waals surface area contributed by atoms with Crippen molar-refractivity contribution in [3.05, 3.63) is 47.0 Å². The third-order valence-corrected chi connectivity index (χ3v) is 8.33. The molecule has 2 aromatic heterocycles. The molecule has 45 heavy (non-hydrogen) atoms. The Bertz CT molecular complexity index is 1650. The highest BCUT2D eigenvalue weighted by atomic mass is 32.2. The van der Waals surface area contributed by atoms with Crippen molar-refractivity contribution >= 4 is 75.1 Å². The first-order chi connectivity index (χ1) is 21.2. The maximum absolute atomic E-state index is 13.2. The smallest absolute Gasteiger partial charge is 0.352 e. The van der Waals surface area contributed by atoms with E-state index < -0.39 is 52.4 Å². The van der Waals surface area contributed by atoms with Crippen molar-refractivity contribution in [2.75, 3.05) is 29.1 Å². The van der Waals surface area contributed by atoms with Crippen LogP contribution < -0.4 is 32.4 Å². The van der Waals surface area contributed by atoms with Gasteiger partial charge in [-0.25, -0.2) is 19.1 Å². The summed E-state index contributed by atoms with van der Waals surface area (Å²) in [4.78, 5) is 75.9. The molecule has 4 heterocycles. The normalized spacial score (nSPS) is 18.3. The van der Waals surface area contributed by atoms with Gasteiger partial charge in [-0.05, 0) is 30.5 Å². The van der Waals surface area contributed by atoms with Gasteiger partial charge >= 0.3 is 11.9 Å². The summed E-state index contributed by atoms with van der Waals surface area (Å²) in [6.07, 6.45) is 6.17. The van der Waals surface area contributed by atoms with E-state index in [0.29, 0.717) is 5.57 Å². The molecule has 0 saturated carbocycles. The number of hydrogen-bond acceptors (Lipinski definition) is 14. The summed E-state index contributed by atoms with van der Waals surface area (Å²) < 4.78 is 1.59. The van der Waals surface area contributed by atoms with Crippen LogP contribution in [0.5, 0.6) is 0 Å². The number of aromatic nitrogens is 3. The molecule has 0 aromatic carbocycles. The Kier molecular flexibility index (Phi) is 9.69. The SMILES string of the molecule is CC(C)(O/N=C(\C(=O)N[C@@H]1C(=O)N2C(C(=O)O)=C(/C=C/C[n+]3cnc(N)c(NC(=O)CN)c3)CS[C@H]12)c1csc(N)n1)C(=O)O. The molecular weight excluding hydrogens is 632 g/mol. The first kappa shape index (κ1) is 32.8. The molecule has 0 aliphatic carbocycles. The first-order valence-electron chi connectivity index (χ1n) is 13.0. The molecule has 1 fully saturated rings. The van der Waals surface area contributed by atoms with Crippen LogP contribution in [-0.2, 0) is 35.4 Å². The van der Waals surface area contributed by atoms with Crippen LogP contribution in [0.1, 0.15) is 19.5 Å². The number of aliphatic carboxylic acids is 2. The number of thioether (sulfide) groups is 1. The number of carbonyl (C=O) groups excluding carboxylic acids is 3. The van der Waals surface area contributed by atoms with E-state index in [2.05, 4.69) is 25.8 Å². The van der Waals surface area contributed by atoms with Gasteiger partial charge in [0.15, 0.2) is 16.5 Å². The quantitative estimate of drug-likeness (QED) is 0.0588. The summed E-state index contributed by atoms with van der Waals surface area (Å²) in [5.74, 6) is -4.42. The van der Waals surface area contributed by atoms with Gasteiger partial charge in [-0.15, -0.1) is 23.1 Å². The topological polar surface area (TPSA) is 282 Å². The molecule has 20 heteroatoms. The number of carboxylic acids is 2. The molecule has 0 spiro atoms. The van der Waals surface area contributed by atoms with Gasteiger partial charge in [0.2, 0.25) is 11.5 Å². The number of β-lactam (4-membered cyclic amide) rings is 1. The van der Waals surface area contributed by atoms with Gasteiger partial charge in [0, 0.05) is 11.1 Å². The zero-order chi connectivity index (χ0) is 33.1. The van der Waals surface area contributed by atoms with E-state index in [1.165, 1.54) is 43.5 Å². The van der Waals surface area contributed by atoms with Gasteiger partial charge in [-0.2, -0.15) is 0 Å². The number of carbonyl (C=O) groups is 5. The Morgan fingerprint density at radius 1 is 1.29 bits per heavy atom. The predicted octanol–water partition coefficient (Wildman–Crippen LogP) is -1.53. The van der Waals surface area contributed by atoms with Crippen LogP contribution in [0.2, 0.25) is 0 Å². The fraction of sp³-hybridized carbons (Fsp3) is 0.320. The van der Waals surface area contributed by atoms with E-state index in [-0.39, 0.29) is 46.9 Å². The summed E-state index contributed by atoms with van der Waals surface area (Å²) in [6.45, 7) is 2.44. The summed E-state index contributed by atoms with van der Waals surface area (Å²) in [6, 6.07) is -1.12. The predicted molar refractivity (Wildman–Crippen MR) is 161 cm³/mol. The number of fused-ring (bicyclic) bond motifs is 1. The van der Waals surface area contributed by atoms with Crippen molar-refractivity contribution in [1.29, 1.82) is 0 Å². The summed E-state index contributed by atoms with van der Waals surface area (Å²) >= 11 is 2.24. The number of nitrogens with zero attached hydrogens (tertiary/aromatic N) is 5. The molecule has 18 nitrogen and oxygen atoms in total. The van der Waals surface area contributed by atoms with E-state index in [0.717, 1.165) is 16.2 Å². The monoisotopic (exact) mass is 661 g/mol. The number of oxime groups is 1. The Hall–Kier alpha value is -5.08. The second-order valence-corrected chi connectivity index (χ2v) is 12.0. The Balaban J connectivity index is 1.50. The molecule has 3 amide bonds. The van der Waals surface area contributed by atoms with Crippen molar-refractivity contribution in [2.24, 2.45) is 10.9 Å². The molecule has 0 bridgehead atoms. The molecule has 2 aliphatic rings. The minimum Gasteiger partial charge on any atom is -0.478 e. The fourth-order valence-corrected chi connectivity index (χ4v) is 5.83. The minimum absolute atomic E-state index is 0.00212. The van der Waals surface area contributed by atoms with Gasteiger partial charge in [-0.1, -0.05) is 11.2 Å². The molecule has 4 rings (SSSR count). The number of nitrogens with two attached hydrogens (primary N) is 3. The van der Waals surface area contributed by atoms with Crippen LogP contribution in [0, 0.1) is 0 Å². The highest BCUT2D eigenvalue weighted by Gasteiger charge is 2.54. The molecule has 0 radical (unpaired) electrons. The van der Waals surface area contributed by atoms with Gasteiger partial charge in [0.25, 0.3) is 24.0 Å². The Morgan fingerprint density at radius 2 is 2.02 bits per heavy atom. The summed E-state index contributed by atoms with van der Waals surface area (Å²) in [5.41, 5.74) is 15.0. The van der Waals surface area contributed by atoms with Crippen molar-refractivity contribution < 1.29 is 43.6 Å². The molecular formula is C25H29N10O8S2+. The standard InChI is InChI=1S/C25H28N10O8S2/c1-25(2,23(41)42)43-33-15(13-9-45-24(28)31-13)19(37)32-16-20(38)35-17(22(39)40)11(8-44-21(16)35)4-3-5-34-7-12(18(27)29-10-34)30-14(36)6-26/h3-4,7,9-10,16,21,27H,5-6,8,26H2,1-2H3,(H6,28,30,31,32,36,37,39,40,41,42)/p+1/b4-3+,33-15-/t16-,21-/m1/s1. The Labute approximate surface area is 263 Å². The lowest BCUT2D eigenvalue weighted by Crippen LogP contribution is -2.71. The van der Waals surface area contributed by atoms with Crippen molar-refractivity contribution in [1.82, 2.24) is 20.2 Å². The average Bonchev–Trinajstić information content (AvgIpc) is 3.42. The number of hydrogen-bond donors (Lipinski definition) is 7. The highest BCUT2D eigenvalue weighted by Crippen LogP contribution is 2.40. The van der Waals surface area contributed by atoms with Crippen LogP contribution in [0.25, 0.3) is 0 Å². The third kappa shape index (κ3) is 7.19. The molecule has 238 valence electrons. The van der Waals surface area contributed by atoms with Crippen LogP contribution in [-0.4, -0.2) is 89.8 Å². The first-order valence-corrected chi connectivity index (χ1v) is 14.9. The zero-order valence-corrected chi connectivity index (χ0v) is 25.4. The van der Waals surface area contributed by atoms with E-state index in [1.807, 2.05) is 0 Å². The second kappa shape index (κ2) is 13.3. The zero-order valence-electron chi connectivity index (χ0n) is 23.8. The number of carboxylic acid groups (broad SMARTS) is 2. The molecule has 2 aliphatic heterocycles. The van der Waals surface area contributed by atoms with Gasteiger partial charge in [-0.3, -0.25) is 19.3 Å². The summed E-state index contributed by atoms with van der Waals surface area (Å²) in [5, 5.41) is 28.8. The number of anilines is 3. The van der Waals surface area contributed by atoms with Crippen LogP contribution in [0.3, 0.4) is 0 Å². The lowest BCUT2D eigenvalue weighted by molar-refractivity contribution is -0.689. The Morgan fingerprint density at radius 3 is 2.64 bits per heavy atom. The van der Waals surface area contributed by atoms with E-state index in [4.69, 9.17) is 22.0 Å². The van der Waals surface area contributed by atoms with Crippen molar-refractivity contribution in [2.45, 2.75) is 37.4 Å². The maximum atomic E-state index is 13.2. The largest absolute Gasteiger partial charge is 0.478 e. The van der Waals surface area contributed by atoms with Crippen LogP contribution >= 0.6 is 23.1 Å². The highest BCUT2D eigenvalue weighted by molar-refractivity contribution is 8.00. The van der Waals surface area contributed by atoms with Gasteiger partial charge in [0.05, 0.1) is 6.54 Å². The molecule has 0 unspecified atom stereocenters. The number of amides is 3. The summed E-state index contributed by atoms with van der Waals surface area (Å²) in [7, 11) is 0. The molecule has 1 saturated heterocycles. The molecule has 2 atom stereocenters. The van der Waals surface area contributed by atoms with Crippen LogP contribution in [0.15, 0.2) is 46.5 Å². The molecule has 2 aromatic rings. The van der Waals surface area contributed by atoms with Crippen molar-refractivity contribution in [3.8, 4) is 0 Å². The second-order valence-electron chi connectivity index (χ2n) is 9.98. The number of thiazole rings is 1. The third-order valence-electron chi connectivity index (χ3n) is 6.36. The lowest BCUT2D eigenvalue weighted by Gasteiger charge is -2.49. The molecule has 10 N–H and O–H groups in total. The minimum atomic E-state index is -1.79. The van der Waals surface area contributed by atoms with E-state index in [1.54, 1.807) is 16.7 Å². The number of rotatable bonds is 12. The van der Waals surface area contributed by atoms with Gasteiger partial charge in [0.1, 0.15) is 35.5 Å². The number of nitrogens with one attached hydrogen (secondary N) is 2. The number of nitrogen functional groups attached to an aromatic ring is 2. The van der Waals surface area contributed by atoms with E-state index in [9.17, 15) is 34.2 Å². The average molecular weight is 662 g/mol. The van der Waals surface area contributed by atoms with E-state index >= 15 is 0 Å². The fourth-order valence-electron chi connectivity index (χ4n) is 3.97. The number of allylic oxidation sites excluding steroid dienone is 2.